The third-order valence-corrected chi connectivity index (χ3v) is 2.75. The minimum Gasteiger partial charge on any atom is -0.394 e. The molecule has 1 aliphatic heterocycles. The summed E-state index contributed by atoms with van der Waals surface area (Å²) in [6.45, 7) is 0.891. The second-order valence-electron chi connectivity index (χ2n) is 3.90. The van der Waals surface area contributed by atoms with Crippen molar-refractivity contribution in [1.82, 2.24) is 10.2 Å². The number of nitrogens with zero attached hydrogens (tertiary/aromatic N) is 1. The number of hydrogen-bond acceptors (Lipinski definition) is 2. The minimum atomic E-state index is 0.0130. The Morgan fingerprint density at radius 1 is 1.46 bits per heavy atom. The van der Waals surface area contributed by atoms with Crippen LogP contribution in [-0.2, 0) is 0 Å². The monoisotopic (exact) mass is 184 g/mol. The predicted molar refractivity (Wildman–Crippen MR) is 48.4 cm³/mol. The maximum atomic E-state index is 11.6. The molecule has 1 atom stereocenters. The van der Waals surface area contributed by atoms with Crippen LogP contribution in [0.15, 0.2) is 0 Å². The number of likely N-dealkylation sites (tertiary alicyclic amines) is 1. The van der Waals surface area contributed by atoms with E-state index in [0.29, 0.717) is 6.04 Å². The molecular weight excluding hydrogens is 168 g/mol. The number of urea groups is 1. The zero-order valence-corrected chi connectivity index (χ0v) is 7.70. The first kappa shape index (κ1) is 8.81. The molecule has 2 N–H and O–H groups in total. The van der Waals surface area contributed by atoms with Crippen molar-refractivity contribution < 1.29 is 9.90 Å². The molecule has 0 aromatic rings. The van der Waals surface area contributed by atoms with Crippen LogP contribution in [0.3, 0.4) is 0 Å². The zero-order chi connectivity index (χ0) is 9.26. The molecule has 2 amide bonds. The molecule has 1 saturated heterocycles. The Balaban J connectivity index is 1.86. The van der Waals surface area contributed by atoms with Crippen LogP contribution >= 0.6 is 0 Å². The fraction of sp³-hybridized carbons (Fsp3) is 0.889. The number of aliphatic hydroxyl groups is 1. The van der Waals surface area contributed by atoms with Crippen molar-refractivity contribution >= 4 is 6.03 Å². The fourth-order valence-electron chi connectivity index (χ4n) is 1.78. The third kappa shape index (κ3) is 1.94. The molecule has 1 aliphatic carbocycles. The summed E-state index contributed by atoms with van der Waals surface area (Å²) in [7, 11) is 0. The number of carbonyl (C=O) groups excluding carboxylic acids is 1. The van der Waals surface area contributed by atoms with Gasteiger partial charge in [0.25, 0.3) is 0 Å². The van der Waals surface area contributed by atoms with Gasteiger partial charge in [-0.1, -0.05) is 0 Å². The quantitative estimate of drug-likeness (QED) is 0.649. The van der Waals surface area contributed by atoms with E-state index in [4.69, 9.17) is 5.11 Å². The zero-order valence-electron chi connectivity index (χ0n) is 7.70. The highest BCUT2D eigenvalue weighted by Gasteiger charge is 2.31. The van der Waals surface area contributed by atoms with Crippen LogP contribution in [0.25, 0.3) is 0 Å². The molecule has 0 aromatic carbocycles. The lowest BCUT2D eigenvalue weighted by atomic mass is 10.2. The summed E-state index contributed by atoms with van der Waals surface area (Å²) in [5.41, 5.74) is 0. The van der Waals surface area contributed by atoms with Gasteiger partial charge in [-0.3, -0.25) is 0 Å². The van der Waals surface area contributed by atoms with Gasteiger partial charge in [-0.25, -0.2) is 4.79 Å². The number of carbonyl (C=O) groups is 1. The molecule has 1 saturated carbocycles. The Kier molecular flexibility index (Phi) is 2.40. The summed E-state index contributed by atoms with van der Waals surface area (Å²) in [5.74, 6) is 0. The maximum Gasteiger partial charge on any atom is 0.317 e. The summed E-state index contributed by atoms with van der Waals surface area (Å²) < 4.78 is 0. The van der Waals surface area contributed by atoms with Gasteiger partial charge >= 0.3 is 6.03 Å². The summed E-state index contributed by atoms with van der Waals surface area (Å²) in [6.07, 6.45) is 4.19. The normalized spacial score (nSPS) is 27.8. The van der Waals surface area contributed by atoms with Gasteiger partial charge in [-0.05, 0) is 25.7 Å². The first-order valence-electron chi connectivity index (χ1n) is 4.99. The second-order valence-corrected chi connectivity index (χ2v) is 3.90. The molecule has 4 nitrogen and oxygen atoms in total. The Hall–Kier alpha value is -0.770. The number of nitrogens with one attached hydrogen (secondary N) is 1. The number of rotatable bonds is 2. The molecule has 0 aromatic heterocycles. The Labute approximate surface area is 77.9 Å². The van der Waals surface area contributed by atoms with Crippen molar-refractivity contribution in [3.8, 4) is 0 Å². The van der Waals surface area contributed by atoms with Gasteiger partial charge in [-0.2, -0.15) is 0 Å². The van der Waals surface area contributed by atoms with Crippen molar-refractivity contribution in [2.45, 2.75) is 37.8 Å². The van der Waals surface area contributed by atoms with E-state index in [1.807, 2.05) is 0 Å². The van der Waals surface area contributed by atoms with E-state index >= 15 is 0 Å². The van der Waals surface area contributed by atoms with Crippen LogP contribution in [0.2, 0.25) is 0 Å². The molecule has 2 fully saturated rings. The molecule has 4 heteroatoms. The van der Waals surface area contributed by atoms with Gasteiger partial charge in [0.2, 0.25) is 0 Å². The predicted octanol–water partition coefficient (Wildman–Crippen LogP) is 0.315. The molecule has 2 aliphatic rings. The Bertz CT molecular complexity index is 204. The van der Waals surface area contributed by atoms with Gasteiger partial charge in [0.05, 0.1) is 12.6 Å². The molecule has 0 radical (unpaired) electrons. The molecule has 2 rings (SSSR count). The van der Waals surface area contributed by atoms with Gasteiger partial charge in [0.1, 0.15) is 0 Å². The largest absolute Gasteiger partial charge is 0.394 e. The first-order valence-corrected chi connectivity index (χ1v) is 4.99. The van der Waals surface area contributed by atoms with E-state index in [2.05, 4.69) is 5.32 Å². The molecule has 1 unspecified atom stereocenters. The van der Waals surface area contributed by atoms with Gasteiger partial charge in [-0.15, -0.1) is 0 Å². The lowest BCUT2D eigenvalue weighted by molar-refractivity contribution is 0.157. The summed E-state index contributed by atoms with van der Waals surface area (Å²) in [5, 5.41) is 11.9. The topological polar surface area (TPSA) is 52.6 Å². The highest BCUT2D eigenvalue weighted by atomic mass is 16.3. The second kappa shape index (κ2) is 3.54. The molecular formula is C9H16N2O2. The van der Waals surface area contributed by atoms with Crippen LogP contribution in [0.4, 0.5) is 4.79 Å². The SMILES string of the molecule is O=C(NC1CC1)N1CCCC1CO. The first-order chi connectivity index (χ1) is 6.31. The van der Waals surface area contributed by atoms with Crippen LogP contribution < -0.4 is 5.32 Å². The van der Waals surface area contributed by atoms with Gasteiger partial charge < -0.3 is 15.3 Å². The van der Waals surface area contributed by atoms with E-state index in [1.165, 1.54) is 0 Å². The highest BCUT2D eigenvalue weighted by molar-refractivity contribution is 5.75. The maximum absolute atomic E-state index is 11.6. The van der Waals surface area contributed by atoms with E-state index in [-0.39, 0.29) is 18.7 Å². The van der Waals surface area contributed by atoms with E-state index < -0.39 is 0 Å². The Morgan fingerprint density at radius 3 is 2.85 bits per heavy atom. The van der Waals surface area contributed by atoms with Crippen molar-refractivity contribution in [2.24, 2.45) is 0 Å². The fourth-order valence-corrected chi connectivity index (χ4v) is 1.78. The summed E-state index contributed by atoms with van der Waals surface area (Å²) >= 11 is 0. The van der Waals surface area contributed by atoms with Crippen LogP contribution in [0, 0.1) is 0 Å². The van der Waals surface area contributed by atoms with Crippen molar-refractivity contribution in [2.75, 3.05) is 13.2 Å². The lowest BCUT2D eigenvalue weighted by Gasteiger charge is -2.23. The average molecular weight is 184 g/mol. The molecule has 1 heterocycles. The van der Waals surface area contributed by atoms with Crippen molar-refractivity contribution in [3.05, 3.63) is 0 Å². The van der Waals surface area contributed by atoms with Crippen molar-refractivity contribution in [3.63, 3.8) is 0 Å². The van der Waals surface area contributed by atoms with Gasteiger partial charge in [0, 0.05) is 12.6 Å². The lowest BCUT2D eigenvalue weighted by Crippen LogP contribution is -2.44. The van der Waals surface area contributed by atoms with Crippen LogP contribution in [0.5, 0.6) is 0 Å². The van der Waals surface area contributed by atoms with Crippen molar-refractivity contribution in [1.29, 1.82) is 0 Å². The minimum absolute atomic E-state index is 0.0130. The van der Waals surface area contributed by atoms with Gasteiger partial charge in [0.15, 0.2) is 0 Å². The molecule has 74 valence electrons. The average Bonchev–Trinajstić information content (AvgIpc) is 2.82. The standard InChI is InChI=1S/C9H16N2O2/c12-6-8-2-1-5-11(8)9(13)10-7-3-4-7/h7-8,12H,1-6H2,(H,10,13). The number of hydrogen-bond donors (Lipinski definition) is 2. The number of amides is 2. The van der Waals surface area contributed by atoms with E-state index in [9.17, 15) is 4.79 Å². The number of aliphatic hydroxyl groups excluding tert-OH is 1. The summed E-state index contributed by atoms with van der Waals surface area (Å²) in [4.78, 5) is 13.3. The third-order valence-electron chi connectivity index (χ3n) is 2.75. The van der Waals surface area contributed by atoms with Crippen LogP contribution in [-0.4, -0.2) is 41.3 Å². The summed E-state index contributed by atoms with van der Waals surface area (Å²) in [6, 6.07) is 0.477. The van der Waals surface area contributed by atoms with E-state index in [1.54, 1.807) is 4.90 Å². The van der Waals surface area contributed by atoms with Crippen LogP contribution in [0.1, 0.15) is 25.7 Å². The molecule has 0 spiro atoms. The van der Waals surface area contributed by atoms with E-state index in [0.717, 1.165) is 32.2 Å². The smallest absolute Gasteiger partial charge is 0.317 e. The Morgan fingerprint density at radius 2 is 2.23 bits per heavy atom. The molecule has 13 heavy (non-hydrogen) atoms. The molecule has 0 bridgehead atoms. The highest BCUT2D eigenvalue weighted by Crippen LogP contribution is 2.21.